The number of rotatable bonds is 4. The van der Waals surface area contributed by atoms with Gasteiger partial charge in [0.05, 0.1) is 10.5 Å². The van der Waals surface area contributed by atoms with E-state index >= 15 is 0 Å². The fraction of sp³-hybridized carbons (Fsp3) is 0.611. The van der Waals surface area contributed by atoms with Crippen molar-refractivity contribution >= 4 is 17.5 Å². The molecule has 3 rings (SSSR count). The number of nitro benzene ring substituents is 1. The summed E-state index contributed by atoms with van der Waals surface area (Å²) < 4.78 is 35.1. The van der Waals surface area contributed by atoms with Crippen LogP contribution >= 0.6 is 0 Å². The van der Waals surface area contributed by atoms with Crippen molar-refractivity contribution in [1.82, 2.24) is 4.90 Å². The number of ether oxygens (including phenoxy) is 2. The van der Waals surface area contributed by atoms with Crippen LogP contribution in [0.5, 0.6) is 5.75 Å². The van der Waals surface area contributed by atoms with Crippen LogP contribution in [0.1, 0.15) is 33.6 Å². The number of nitrogens with zero attached hydrogens (tertiary/aromatic N) is 3. The van der Waals surface area contributed by atoms with Gasteiger partial charge >= 0.3 is 18.4 Å². The van der Waals surface area contributed by atoms with Crippen molar-refractivity contribution in [3.8, 4) is 5.75 Å². The third-order valence-electron chi connectivity index (χ3n) is 4.81. The molecular formula is C18H23F2N3O5. The number of nitro groups is 1. The van der Waals surface area contributed by atoms with Gasteiger partial charge in [-0.1, -0.05) is 0 Å². The number of alkyl halides is 2. The van der Waals surface area contributed by atoms with E-state index in [9.17, 15) is 23.7 Å². The molecule has 1 aromatic carbocycles. The van der Waals surface area contributed by atoms with Gasteiger partial charge in [0.25, 0.3) is 0 Å². The van der Waals surface area contributed by atoms with Crippen LogP contribution in [-0.2, 0) is 4.74 Å². The highest BCUT2D eigenvalue weighted by molar-refractivity contribution is 5.71. The Kier molecular flexibility index (Phi) is 5.07. The highest BCUT2D eigenvalue weighted by Crippen LogP contribution is 2.46. The summed E-state index contributed by atoms with van der Waals surface area (Å²) in [5.74, 6) is -0.475. The van der Waals surface area contributed by atoms with Crippen LogP contribution in [0.3, 0.4) is 0 Å². The van der Waals surface area contributed by atoms with Crippen molar-refractivity contribution in [3.05, 3.63) is 28.3 Å². The van der Waals surface area contributed by atoms with Crippen molar-refractivity contribution in [2.24, 2.45) is 0 Å². The van der Waals surface area contributed by atoms with Gasteiger partial charge in [-0.25, -0.2) is 4.79 Å². The lowest BCUT2D eigenvalue weighted by Crippen LogP contribution is -2.58. The second-order valence-corrected chi connectivity index (χ2v) is 8.07. The monoisotopic (exact) mass is 399 g/mol. The summed E-state index contributed by atoms with van der Waals surface area (Å²) in [5.41, 5.74) is -0.926. The van der Waals surface area contributed by atoms with Crippen molar-refractivity contribution in [1.29, 1.82) is 0 Å². The number of hydrogen-bond acceptors (Lipinski definition) is 6. The van der Waals surface area contributed by atoms with Crippen LogP contribution in [0, 0.1) is 10.1 Å². The van der Waals surface area contributed by atoms with Crippen LogP contribution in [-0.4, -0.2) is 53.3 Å². The van der Waals surface area contributed by atoms with Crippen molar-refractivity contribution in [2.45, 2.75) is 51.4 Å². The Bertz CT molecular complexity index is 777. The van der Waals surface area contributed by atoms with Gasteiger partial charge in [-0.2, -0.15) is 8.78 Å². The van der Waals surface area contributed by atoms with E-state index in [1.54, 1.807) is 4.90 Å². The average Bonchev–Trinajstić information content (AvgIpc) is 3.31. The Morgan fingerprint density at radius 2 is 1.96 bits per heavy atom. The lowest BCUT2D eigenvalue weighted by atomic mass is 10.1. The molecule has 0 aromatic heterocycles. The molecular weight excluding hydrogens is 376 g/mol. The molecule has 1 aromatic rings. The molecule has 10 heteroatoms. The third kappa shape index (κ3) is 4.26. The summed E-state index contributed by atoms with van der Waals surface area (Å²) >= 11 is 0. The molecule has 8 nitrogen and oxygen atoms in total. The number of anilines is 1. The first-order chi connectivity index (χ1) is 13.0. The molecule has 1 aliphatic heterocycles. The van der Waals surface area contributed by atoms with E-state index in [0.717, 1.165) is 18.9 Å². The lowest BCUT2D eigenvalue weighted by molar-refractivity contribution is -0.386. The molecule has 1 saturated carbocycles. The van der Waals surface area contributed by atoms with Crippen LogP contribution in [0.2, 0.25) is 0 Å². The number of halogens is 2. The van der Waals surface area contributed by atoms with E-state index in [-0.39, 0.29) is 11.6 Å². The molecule has 0 N–H and O–H groups in total. The number of hydrogen-bond donors (Lipinski definition) is 0. The number of piperazine rings is 1. The smallest absolute Gasteiger partial charge is 0.410 e. The molecule has 0 bridgehead atoms. The molecule has 1 aliphatic carbocycles. The Morgan fingerprint density at radius 3 is 2.50 bits per heavy atom. The number of amides is 1. The molecule has 0 unspecified atom stereocenters. The minimum absolute atomic E-state index is 0.355. The molecule has 154 valence electrons. The van der Waals surface area contributed by atoms with Crippen molar-refractivity contribution in [3.63, 3.8) is 0 Å². The molecule has 0 atom stereocenters. The van der Waals surface area contributed by atoms with E-state index < -0.39 is 28.6 Å². The minimum Gasteiger partial charge on any atom is -0.444 e. The van der Waals surface area contributed by atoms with Crippen LogP contribution in [0.15, 0.2) is 18.2 Å². The molecule has 1 saturated heterocycles. The Hall–Kier alpha value is -2.65. The quantitative estimate of drug-likeness (QED) is 0.566. The molecule has 1 amide bonds. The lowest BCUT2D eigenvalue weighted by Gasteiger charge is -2.43. The second kappa shape index (κ2) is 7.06. The van der Waals surface area contributed by atoms with Gasteiger partial charge < -0.3 is 14.4 Å². The second-order valence-electron chi connectivity index (χ2n) is 8.07. The van der Waals surface area contributed by atoms with Crippen LogP contribution in [0.25, 0.3) is 0 Å². The van der Waals surface area contributed by atoms with E-state index in [1.165, 1.54) is 12.1 Å². The number of carbonyl (C=O) groups is 1. The molecule has 1 spiro atoms. The van der Waals surface area contributed by atoms with E-state index in [4.69, 9.17) is 4.74 Å². The third-order valence-corrected chi connectivity index (χ3v) is 4.81. The molecule has 0 radical (unpaired) electrons. The predicted molar refractivity (Wildman–Crippen MR) is 96.8 cm³/mol. The molecule has 2 aliphatic rings. The van der Waals surface area contributed by atoms with Gasteiger partial charge in [0.15, 0.2) is 0 Å². The maximum absolute atomic E-state index is 12.6. The normalized spacial score (nSPS) is 18.4. The predicted octanol–water partition coefficient (Wildman–Crippen LogP) is 3.79. The van der Waals surface area contributed by atoms with E-state index in [0.29, 0.717) is 25.3 Å². The summed E-state index contributed by atoms with van der Waals surface area (Å²) in [6, 6.07) is 3.92. The Balaban J connectivity index is 1.78. The standard InChI is InChI=1S/C18H23F2N3O5/c1-17(2,3)28-16(24)22-9-8-21(11-18(22)6-7-18)12-4-5-13(23(25)26)14(10-12)27-15(19)20/h4-5,10,15H,6-9,11H2,1-3H3. The fourth-order valence-corrected chi connectivity index (χ4v) is 3.41. The topological polar surface area (TPSA) is 85.2 Å². The highest BCUT2D eigenvalue weighted by atomic mass is 19.3. The maximum Gasteiger partial charge on any atom is 0.410 e. The van der Waals surface area contributed by atoms with Crippen LogP contribution in [0.4, 0.5) is 25.0 Å². The minimum atomic E-state index is -3.16. The number of carbonyl (C=O) groups excluding carboxylic acids is 1. The molecule has 2 fully saturated rings. The SMILES string of the molecule is CC(C)(C)OC(=O)N1CCN(c2ccc([N+](=O)[O-])c(OC(F)F)c2)CC12CC2. The zero-order chi connectivity index (χ0) is 20.7. The Labute approximate surface area is 161 Å². The van der Waals surface area contributed by atoms with Crippen LogP contribution < -0.4 is 9.64 Å². The largest absolute Gasteiger partial charge is 0.444 e. The summed E-state index contributed by atoms with van der Waals surface area (Å²) in [5, 5.41) is 11.0. The fourth-order valence-electron chi connectivity index (χ4n) is 3.41. The van der Waals surface area contributed by atoms with E-state index in [2.05, 4.69) is 4.74 Å². The first kappa shape index (κ1) is 20.1. The zero-order valence-electron chi connectivity index (χ0n) is 16.0. The van der Waals surface area contributed by atoms with Gasteiger partial charge in [0, 0.05) is 37.5 Å². The van der Waals surface area contributed by atoms with Gasteiger partial charge in [0.2, 0.25) is 5.75 Å². The van der Waals surface area contributed by atoms with E-state index in [1.807, 2.05) is 25.7 Å². The van der Waals surface area contributed by atoms with Gasteiger partial charge in [0.1, 0.15) is 5.60 Å². The summed E-state index contributed by atoms with van der Waals surface area (Å²) in [4.78, 5) is 26.5. The number of benzene rings is 1. The summed E-state index contributed by atoms with van der Waals surface area (Å²) in [6.07, 6.45) is 1.27. The van der Waals surface area contributed by atoms with Crippen molar-refractivity contribution < 1.29 is 28.0 Å². The summed E-state index contributed by atoms with van der Waals surface area (Å²) in [7, 11) is 0. The first-order valence-corrected chi connectivity index (χ1v) is 9.00. The van der Waals surface area contributed by atoms with Gasteiger partial charge in [-0.05, 0) is 39.7 Å². The molecule has 1 heterocycles. The molecule has 28 heavy (non-hydrogen) atoms. The zero-order valence-corrected chi connectivity index (χ0v) is 16.0. The first-order valence-electron chi connectivity index (χ1n) is 9.00. The van der Waals surface area contributed by atoms with Crippen molar-refractivity contribution in [2.75, 3.05) is 24.5 Å². The summed E-state index contributed by atoms with van der Waals surface area (Å²) in [6.45, 7) is 3.63. The Morgan fingerprint density at radius 1 is 1.29 bits per heavy atom. The maximum atomic E-state index is 12.6. The van der Waals surface area contributed by atoms with Gasteiger partial charge in [-0.15, -0.1) is 0 Å². The van der Waals surface area contributed by atoms with Gasteiger partial charge in [-0.3, -0.25) is 15.0 Å². The highest BCUT2D eigenvalue weighted by Gasteiger charge is 2.54. The average molecular weight is 399 g/mol.